The summed E-state index contributed by atoms with van der Waals surface area (Å²) in [6, 6.07) is 9.99. The first-order valence-electron chi connectivity index (χ1n) is 4.27. The maximum absolute atomic E-state index is 8.67. The van der Waals surface area contributed by atoms with E-state index in [0.717, 1.165) is 5.56 Å². The fourth-order valence-electron chi connectivity index (χ4n) is 1.16. The quantitative estimate of drug-likeness (QED) is 0.788. The standard InChI is InChI=1S/C11H13ClO/c1-9(11(12)7-8-13)10-5-3-2-4-6-10/h2-7,9,13H,8H2,1H3/b11-7-. The van der Waals surface area contributed by atoms with E-state index in [2.05, 4.69) is 0 Å². The van der Waals surface area contributed by atoms with Gasteiger partial charge < -0.3 is 5.11 Å². The van der Waals surface area contributed by atoms with Gasteiger partial charge in [-0.3, -0.25) is 0 Å². The molecule has 1 aromatic carbocycles. The second kappa shape index (κ2) is 5.05. The molecule has 1 N–H and O–H groups in total. The third-order valence-corrected chi connectivity index (χ3v) is 2.48. The van der Waals surface area contributed by atoms with E-state index in [1.54, 1.807) is 6.08 Å². The highest BCUT2D eigenvalue weighted by atomic mass is 35.5. The van der Waals surface area contributed by atoms with Crippen LogP contribution >= 0.6 is 11.6 Å². The largest absolute Gasteiger partial charge is 0.392 e. The molecule has 1 nitrogen and oxygen atoms in total. The van der Waals surface area contributed by atoms with E-state index in [1.165, 1.54) is 0 Å². The molecule has 0 aliphatic rings. The van der Waals surface area contributed by atoms with Crippen molar-refractivity contribution in [3.63, 3.8) is 0 Å². The molecular weight excluding hydrogens is 184 g/mol. The highest BCUT2D eigenvalue weighted by molar-refractivity contribution is 6.30. The van der Waals surface area contributed by atoms with Crippen molar-refractivity contribution in [3.05, 3.63) is 47.0 Å². The van der Waals surface area contributed by atoms with Gasteiger partial charge in [-0.2, -0.15) is 0 Å². The fourth-order valence-corrected chi connectivity index (χ4v) is 1.36. The predicted molar refractivity (Wildman–Crippen MR) is 55.9 cm³/mol. The Morgan fingerprint density at radius 1 is 1.46 bits per heavy atom. The Balaban J connectivity index is 2.79. The highest BCUT2D eigenvalue weighted by Crippen LogP contribution is 2.25. The number of rotatable bonds is 3. The molecule has 1 unspecified atom stereocenters. The van der Waals surface area contributed by atoms with Crippen LogP contribution in [0, 0.1) is 0 Å². The predicted octanol–water partition coefficient (Wildman–Crippen LogP) is 2.91. The van der Waals surface area contributed by atoms with Crippen LogP contribution in [0.4, 0.5) is 0 Å². The molecule has 0 aromatic heterocycles. The van der Waals surface area contributed by atoms with E-state index in [1.807, 2.05) is 37.3 Å². The van der Waals surface area contributed by atoms with Gasteiger partial charge in [0.25, 0.3) is 0 Å². The lowest BCUT2D eigenvalue weighted by Crippen LogP contribution is -1.93. The van der Waals surface area contributed by atoms with Crippen LogP contribution in [0.3, 0.4) is 0 Å². The van der Waals surface area contributed by atoms with Crippen LogP contribution in [-0.2, 0) is 0 Å². The van der Waals surface area contributed by atoms with Gasteiger partial charge in [0.2, 0.25) is 0 Å². The Morgan fingerprint density at radius 3 is 2.62 bits per heavy atom. The molecule has 70 valence electrons. The zero-order chi connectivity index (χ0) is 9.68. The van der Waals surface area contributed by atoms with E-state index < -0.39 is 0 Å². The second-order valence-corrected chi connectivity index (χ2v) is 3.34. The summed E-state index contributed by atoms with van der Waals surface area (Å²) >= 11 is 5.97. The lowest BCUT2D eigenvalue weighted by molar-refractivity contribution is 0.342. The summed E-state index contributed by atoms with van der Waals surface area (Å²) in [7, 11) is 0. The van der Waals surface area contributed by atoms with Crippen molar-refractivity contribution in [1.29, 1.82) is 0 Å². The molecule has 13 heavy (non-hydrogen) atoms. The zero-order valence-corrected chi connectivity index (χ0v) is 8.33. The van der Waals surface area contributed by atoms with E-state index in [-0.39, 0.29) is 12.5 Å². The smallest absolute Gasteiger partial charge is 0.0626 e. The van der Waals surface area contributed by atoms with Gasteiger partial charge in [0.1, 0.15) is 0 Å². The SMILES string of the molecule is CC(/C(Cl)=C/CO)c1ccccc1. The number of benzene rings is 1. The van der Waals surface area contributed by atoms with Gasteiger partial charge in [-0.15, -0.1) is 0 Å². The summed E-state index contributed by atoms with van der Waals surface area (Å²) in [4.78, 5) is 0. The monoisotopic (exact) mass is 196 g/mol. The number of allylic oxidation sites excluding steroid dienone is 1. The molecule has 0 bridgehead atoms. The van der Waals surface area contributed by atoms with Crippen LogP contribution in [0.5, 0.6) is 0 Å². The molecule has 2 heteroatoms. The summed E-state index contributed by atoms with van der Waals surface area (Å²) in [5.74, 6) is 0.162. The van der Waals surface area contributed by atoms with Crippen LogP contribution in [-0.4, -0.2) is 11.7 Å². The minimum atomic E-state index is -0.00396. The Morgan fingerprint density at radius 2 is 2.08 bits per heavy atom. The van der Waals surface area contributed by atoms with Crippen molar-refractivity contribution in [2.75, 3.05) is 6.61 Å². The second-order valence-electron chi connectivity index (χ2n) is 2.90. The fraction of sp³-hybridized carbons (Fsp3) is 0.273. The van der Waals surface area contributed by atoms with Crippen LogP contribution in [0.15, 0.2) is 41.4 Å². The van der Waals surface area contributed by atoms with Crippen molar-refractivity contribution < 1.29 is 5.11 Å². The molecule has 0 heterocycles. The minimum absolute atomic E-state index is 0.00396. The Kier molecular flexibility index (Phi) is 4.00. The highest BCUT2D eigenvalue weighted by Gasteiger charge is 2.07. The van der Waals surface area contributed by atoms with Crippen molar-refractivity contribution in [2.45, 2.75) is 12.8 Å². The molecule has 0 spiro atoms. The maximum Gasteiger partial charge on any atom is 0.0626 e. The van der Waals surface area contributed by atoms with Gasteiger partial charge in [-0.25, -0.2) is 0 Å². The normalized spacial score (nSPS) is 14.2. The molecule has 0 aliphatic carbocycles. The molecule has 0 aliphatic heterocycles. The topological polar surface area (TPSA) is 20.2 Å². The average Bonchev–Trinajstić information content (AvgIpc) is 2.18. The molecule has 1 atom stereocenters. The zero-order valence-electron chi connectivity index (χ0n) is 7.57. The first-order chi connectivity index (χ1) is 6.25. The summed E-state index contributed by atoms with van der Waals surface area (Å²) < 4.78 is 0. The molecule has 0 fully saturated rings. The van der Waals surface area contributed by atoms with Gasteiger partial charge in [-0.05, 0) is 11.6 Å². The number of hydrogen-bond acceptors (Lipinski definition) is 1. The lowest BCUT2D eigenvalue weighted by Gasteiger charge is -2.09. The Bertz CT molecular complexity index is 279. The van der Waals surface area contributed by atoms with E-state index >= 15 is 0 Å². The number of halogens is 1. The number of aliphatic hydroxyl groups is 1. The molecule has 0 saturated heterocycles. The molecular formula is C11H13ClO. The van der Waals surface area contributed by atoms with Gasteiger partial charge in [0.05, 0.1) is 6.61 Å². The minimum Gasteiger partial charge on any atom is -0.392 e. The van der Waals surface area contributed by atoms with Crippen molar-refractivity contribution in [2.24, 2.45) is 0 Å². The average molecular weight is 197 g/mol. The maximum atomic E-state index is 8.67. The lowest BCUT2D eigenvalue weighted by atomic mass is 10.0. The van der Waals surface area contributed by atoms with Crippen molar-refractivity contribution in [1.82, 2.24) is 0 Å². The molecule has 0 saturated carbocycles. The van der Waals surface area contributed by atoms with Crippen molar-refractivity contribution >= 4 is 11.6 Å². The van der Waals surface area contributed by atoms with Crippen LogP contribution < -0.4 is 0 Å². The molecule has 0 radical (unpaired) electrons. The van der Waals surface area contributed by atoms with E-state index in [9.17, 15) is 0 Å². The molecule has 1 rings (SSSR count). The van der Waals surface area contributed by atoms with E-state index in [0.29, 0.717) is 5.03 Å². The van der Waals surface area contributed by atoms with Crippen LogP contribution in [0.25, 0.3) is 0 Å². The van der Waals surface area contributed by atoms with E-state index in [4.69, 9.17) is 16.7 Å². The summed E-state index contributed by atoms with van der Waals surface area (Å²) in [5.41, 5.74) is 1.16. The third-order valence-electron chi connectivity index (χ3n) is 2.00. The van der Waals surface area contributed by atoms with Gasteiger partial charge in [0, 0.05) is 11.0 Å². The summed E-state index contributed by atoms with van der Waals surface area (Å²) in [6.45, 7) is 2.01. The number of hydrogen-bond donors (Lipinski definition) is 1. The molecule has 0 amide bonds. The summed E-state index contributed by atoms with van der Waals surface area (Å²) in [6.07, 6.45) is 1.62. The van der Waals surface area contributed by atoms with Gasteiger partial charge in [-0.1, -0.05) is 48.9 Å². The molecule has 1 aromatic rings. The Labute approximate surface area is 83.7 Å². The Hall–Kier alpha value is -0.790. The van der Waals surface area contributed by atoms with Gasteiger partial charge >= 0.3 is 0 Å². The van der Waals surface area contributed by atoms with Crippen molar-refractivity contribution in [3.8, 4) is 0 Å². The van der Waals surface area contributed by atoms with Gasteiger partial charge in [0.15, 0.2) is 0 Å². The third kappa shape index (κ3) is 2.87. The number of aliphatic hydroxyl groups excluding tert-OH is 1. The van der Waals surface area contributed by atoms with Crippen LogP contribution in [0.1, 0.15) is 18.4 Å². The summed E-state index contributed by atoms with van der Waals surface area (Å²) in [5, 5.41) is 9.36. The first-order valence-corrected chi connectivity index (χ1v) is 4.65. The van der Waals surface area contributed by atoms with Crippen LogP contribution in [0.2, 0.25) is 0 Å². The first kappa shape index (κ1) is 10.3.